The Balaban J connectivity index is 2.61. The molecule has 17 heavy (non-hydrogen) atoms. The summed E-state index contributed by atoms with van der Waals surface area (Å²) in [5.41, 5.74) is 9.13. The van der Waals surface area contributed by atoms with Crippen LogP contribution in [-0.4, -0.2) is 33.5 Å². The minimum absolute atomic E-state index is 0.0481. The molecule has 0 spiro atoms. The van der Waals surface area contributed by atoms with Crippen molar-refractivity contribution >= 4 is 5.69 Å². The molecule has 0 saturated heterocycles. The van der Waals surface area contributed by atoms with Crippen LogP contribution in [-0.2, 0) is 16.0 Å². The predicted molar refractivity (Wildman–Crippen MR) is 70.2 cm³/mol. The average Bonchev–Trinajstić information content (AvgIpc) is 2.35. The van der Waals surface area contributed by atoms with Crippen molar-refractivity contribution < 1.29 is 9.47 Å². The van der Waals surface area contributed by atoms with Crippen molar-refractivity contribution in [2.45, 2.75) is 19.6 Å². The van der Waals surface area contributed by atoms with Crippen molar-refractivity contribution in [1.82, 2.24) is 0 Å². The first-order valence-electron chi connectivity index (χ1n) is 5.76. The summed E-state index contributed by atoms with van der Waals surface area (Å²) in [5.74, 6) is 0. The van der Waals surface area contributed by atoms with E-state index in [4.69, 9.17) is 15.2 Å². The zero-order valence-electron chi connectivity index (χ0n) is 10.8. The molecule has 0 heterocycles. The van der Waals surface area contributed by atoms with Crippen molar-refractivity contribution in [3.63, 3.8) is 0 Å². The third-order valence-corrected chi connectivity index (χ3v) is 2.69. The molecule has 96 valence electrons. The molecule has 0 aromatic heterocycles. The smallest absolute Gasteiger partial charge is 0.0976 e. The SMILES string of the molecule is COCC(CNc1ccc(C)cc1CN)OC. The van der Waals surface area contributed by atoms with Gasteiger partial charge in [-0.05, 0) is 18.6 Å². The quantitative estimate of drug-likeness (QED) is 0.756. The van der Waals surface area contributed by atoms with E-state index in [1.54, 1.807) is 14.2 Å². The highest BCUT2D eigenvalue weighted by molar-refractivity contribution is 5.52. The lowest BCUT2D eigenvalue weighted by molar-refractivity contribution is 0.0365. The summed E-state index contributed by atoms with van der Waals surface area (Å²) in [6.07, 6.45) is 0.0481. The fourth-order valence-electron chi connectivity index (χ4n) is 1.68. The summed E-state index contributed by atoms with van der Waals surface area (Å²) in [5, 5.41) is 3.34. The lowest BCUT2D eigenvalue weighted by Gasteiger charge is -2.17. The van der Waals surface area contributed by atoms with E-state index in [-0.39, 0.29) is 6.10 Å². The second kappa shape index (κ2) is 7.27. The molecule has 0 bridgehead atoms. The molecule has 0 fully saturated rings. The van der Waals surface area contributed by atoms with Crippen LogP contribution in [0.2, 0.25) is 0 Å². The van der Waals surface area contributed by atoms with E-state index in [0.717, 1.165) is 11.3 Å². The number of hydrogen-bond acceptors (Lipinski definition) is 4. The Labute approximate surface area is 103 Å². The van der Waals surface area contributed by atoms with Gasteiger partial charge >= 0.3 is 0 Å². The normalized spacial score (nSPS) is 12.5. The van der Waals surface area contributed by atoms with Gasteiger partial charge in [0.2, 0.25) is 0 Å². The van der Waals surface area contributed by atoms with Gasteiger partial charge in [0, 0.05) is 33.0 Å². The van der Waals surface area contributed by atoms with Gasteiger partial charge in [-0.15, -0.1) is 0 Å². The molecule has 3 N–H and O–H groups in total. The number of benzene rings is 1. The zero-order chi connectivity index (χ0) is 12.7. The van der Waals surface area contributed by atoms with Gasteiger partial charge in [0.05, 0.1) is 12.7 Å². The molecule has 0 radical (unpaired) electrons. The van der Waals surface area contributed by atoms with Crippen molar-refractivity contribution in [2.75, 3.05) is 32.7 Å². The summed E-state index contributed by atoms with van der Waals surface area (Å²) in [7, 11) is 3.35. The van der Waals surface area contributed by atoms with E-state index in [9.17, 15) is 0 Å². The summed E-state index contributed by atoms with van der Waals surface area (Å²) >= 11 is 0. The van der Waals surface area contributed by atoms with Crippen molar-refractivity contribution in [2.24, 2.45) is 5.73 Å². The second-order valence-corrected chi connectivity index (χ2v) is 4.06. The summed E-state index contributed by atoms with van der Waals surface area (Å²) in [6.45, 7) is 3.88. The molecule has 0 aliphatic heterocycles. The number of ether oxygens (including phenoxy) is 2. The summed E-state index contributed by atoms with van der Waals surface area (Å²) in [4.78, 5) is 0. The second-order valence-electron chi connectivity index (χ2n) is 4.06. The third kappa shape index (κ3) is 4.34. The first kappa shape index (κ1) is 14.0. The highest BCUT2D eigenvalue weighted by atomic mass is 16.5. The first-order chi connectivity index (χ1) is 8.21. The fourth-order valence-corrected chi connectivity index (χ4v) is 1.68. The minimum Gasteiger partial charge on any atom is -0.382 e. The number of hydrogen-bond donors (Lipinski definition) is 2. The molecular formula is C13H22N2O2. The maximum Gasteiger partial charge on any atom is 0.0976 e. The van der Waals surface area contributed by atoms with Crippen LogP contribution in [0.25, 0.3) is 0 Å². The molecule has 1 rings (SSSR count). The number of aryl methyl sites for hydroxylation is 1. The summed E-state index contributed by atoms with van der Waals surface area (Å²) < 4.78 is 10.4. The van der Waals surface area contributed by atoms with E-state index < -0.39 is 0 Å². The minimum atomic E-state index is 0.0481. The Bertz CT molecular complexity index is 342. The number of methoxy groups -OCH3 is 2. The van der Waals surface area contributed by atoms with E-state index in [1.807, 2.05) is 0 Å². The van der Waals surface area contributed by atoms with E-state index in [1.165, 1.54) is 5.56 Å². The molecule has 0 aliphatic rings. The molecular weight excluding hydrogens is 216 g/mol. The fraction of sp³-hybridized carbons (Fsp3) is 0.538. The van der Waals surface area contributed by atoms with Gasteiger partial charge in [-0.25, -0.2) is 0 Å². The zero-order valence-corrected chi connectivity index (χ0v) is 10.8. The Morgan fingerprint density at radius 3 is 2.71 bits per heavy atom. The number of rotatable bonds is 7. The molecule has 1 aromatic rings. The highest BCUT2D eigenvalue weighted by Crippen LogP contribution is 2.16. The van der Waals surface area contributed by atoms with E-state index in [0.29, 0.717) is 19.7 Å². The maximum atomic E-state index is 5.72. The van der Waals surface area contributed by atoms with Gasteiger partial charge < -0.3 is 20.5 Å². The van der Waals surface area contributed by atoms with Crippen LogP contribution in [0.1, 0.15) is 11.1 Å². The van der Waals surface area contributed by atoms with E-state index in [2.05, 4.69) is 30.4 Å². The van der Waals surface area contributed by atoms with Gasteiger partial charge in [0.15, 0.2) is 0 Å². The molecule has 4 nitrogen and oxygen atoms in total. The van der Waals surface area contributed by atoms with Crippen molar-refractivity contribution in [1.29, 1.82) is 0 Å². The number of nitrogens with one attached hydrogen (secondary N) is 1. The van der Waals surface area contributed by atoms with Crippen molar-refractivity contribution in [3.05, 3.63) is 29.3 Å². The molecule has 1 atom stereocenters. The van der Waals surface area contributed by atoms with Gasteiger partial charge in [0.25, 0.3) is 0 Å². The third-order valence-electron chi connectivity index (χ3n) is 2.69. The van der Waals surface area contributed by atoms with Gasteiger partial charge in [-0.3, -0.25) is 0 Å². The molecule has 1 unspecified atom stereocenters. The van der Waals surface area contributed by atoms with E-state index >= 15 is 0 Å². The van der Waals surface area contributed by atoms with Gasteiger partial charge in [-0.1, -0.05) is 17.7 Å². The van der Waals surface area contributed by atoms with Crippen LogP contribution in [0.5, 0.6) is 0 Å². The number of anilines is 1. The lowest BCUT2D eigenvalue weighted by Crippen LogP contribution is -2.27. The molecule has 4 heteroatoms. The maximum absolute atomic E-state index is 5.72. The Morgan fingerprint density at radius 1 is 1.35 bits per heavy atom. The van der Waals surface area contributed by atoms with Gasteiger partial charge in [-0.2, -0.15) is 0 Å². The standard InChI is InChI=1S/C13H22N2O2/c1-10-4-5-13(11(6-10)7-14)15-8-12(17-3)9-16-2/h4-6,12,15H,7-9,14H2,1-3H3. The molecule has 0 amide bonds. The van der Waals surface area contributed by atoms with Crippen LogP contribution in [0, 0.1) is 6.92 Å². The van der Waals surface area contributed by atoms with Crippen LogP contribution in [0.15, 0.2) is 18.2 Å². The predicted octanol–water partition coefficient (Wildman–Crippen LogP) is 1.53. The Hall–Kier alpha value is -1.10. The largest absolute Gasteiger partial charge is 0.382 e. The molecule has 1 aromatic carbocycles. The molecule has 0 aliphatic carbocycles. The first-order valence-corrected chi connectivity index (χ1v) is 5.76. The van der Waals surface area contributed by atoms with Crippen LogP contribution >= 0.6 is 0 Å². The van der Waals surface area contributed by atoms with Crippen molar-refractivity contribution in [3.8, 4) is 0 Å². The monoisotopic (exact) mass is 238 g/mol. The van der Waals surface area contributed by atoms with Crippen LogP contribution in [0.4, 0.5) is 5.69 Å². The van der Waals surface area contributed by atoms with Gasteiger partial charge in [0.1, 0.15) is 0 Å². The Kier molecular flexibility index (Phi) is 5.97. The summed E-state index contributed by atoms with van der Waals surface area (Å²) in [6, 6.07) is 6.22. The van der Waals surface area contributed by atoms with Crippen LogP contribution in [0.3, 0.4) is 0 Å². The lowest BCUT2D eigenvalue weighted by atomic mass is 10.1. The Morgan fingerprint density at radius 2 is 2.12 bits per heavy atom. The molecule has 0 saturated carbocycles. The van der Waals surface area contributed by atoms with Crippen LogP contribution < -0.4 is 11.1 Å². The number of nitrogens with two attached hydrogens (primary N) is 1. The highest BCUT2D eigenvalue weighted by Gasteiger charge is 2.07. The average molecular weight is 238 g/mol. The topological polar surface area (TPSA) is 56.5 Å².